The van der Waals surface area contributed by atoms with E-state index in [1.54, 1.807) is 11.3 Å². The van der Waals surface area contributed by atoms with E-state index in [1.807, 2.05) is 19.2 Å². The normalized spacial score (nSPS) is 13.4. The molecule has 0 aliphatic rings. The molecule has 2 nitrogen and oxygen atoms in total. The van der Waals surface area contributed by atoms with Gasteiger partial charge in [0.15, 0.2) is 0 Å². The van der Waals surface area contributed by atoms with Gasteiger partial charge in [-0.15, -0.1) is 11.3 Å². The van der Waals surface area contributed by atoms with Crippen LogP contribution >= 0.6 is 27.3 Å². The molecule has 0 aromatic carbocycles. The van der Waals surface area contributed by atoms with Crippen molar-refractivity contribution < 1.29 is 5.11 Å². The number of halogens is 1. The Bertz CT molecular complexity index is 222. The highest BCUT2D eigenvalue weighted by molar-refractivity contribution is 9.11. The van der Waals surface area contributed by atoms with Crippen LogP contribution in [-0.2, 0) is 0 Å². The molecule has 1 atom stereocenters. The number of hydrogen-bond donors (Lipinski definition) is 2. The van der Waals surface area contributed by atoms with Gasteiger partial charge in [-0.3, -0.25) is 0 Å². The van der Waals surface area contributed by atoms with E-state index < -0.39 is 0 Å². The third-order valence-corrected chi connectivity index (χ3v) is 3.21. The average Bonchev–Trinajstić information content (AvgIpc) is 2.39. The lowest BCUT2D eigenvalue weighted by molar-refractivity contribution is 0.253. The Kier molecular flexibility index (Phi) is 3.51. The molecule has 2 N–H and O–H groups in total. The predicted molar refractivity (Wildman–Crippen MR) is 50.9 cm³/mol. The Morgan fingerprint density at radius 1 is 1.73 bits per heavy atom. The van der Waals surface area contributed by atoms with E-state index in [4.69, 9.17) is 5.11 Å². The van der Waals surface area contributed by atoms with Gasteiger partial charge in [0.25, 0.3) is 0 Å². The average molecular weight is 236 g/mol. The van der Waals surface area contributed by atoms with Crippen molar-refractivity contribution in [3.05, 3.63) is 20.8 Å². The molecule has 0 spiro atoms. The summed E-state index contributed by atoms with van der Waals surface area (Å²) in [6, 6.07) is 4.07. The highest BCUT2D eigenvalue weighted by Gasteiger charge is 2.08. The molecule has 0 fully saturated rings. The first-order valence-electron chi connectivity index (χ1n) is 3.31. The van der Waals surface area contributed by atoms with Crippen LogP contribution in [0.2, 0.25) is 0 Å². The van der Waals surface area contributed by atoms with E-state index in [-0.39, 0.29) is 12.6 Å². The molecule has 1 rings (SSSR count). The largest absolute Gasteiger partial charge is 0.394 e. The molecule has 0 saturated heterocycles. The molecule has 11 heavy (non-hydrogen) atoms. The Hall–Kier alpha value is 0.1000. The second-order valence-corrected chi connectivity index (χ2v) is 4.66. The molecule has 1 unspecified atom stereocenters. The Balaban J connectivity index is 2.73. The SMILES string of the molecule is CNC(CO)c1ccc(Br)s1. The van der Waals surface area contributed by atoms with Crippen molar-refractivity contribution >= 4 is 27.3 Å². The van der Waals surface area contributed by atoms with Crippen LogP contribution in [0.15, 0.2) is 15.9 Å². The van der Waals surface area contributed by atoms with Gasteiger partial charge in [0.05, 0.1) is 16.4 Å². The van der Waals surface area contributed by atoms with Gasteiger partial charge in [0.2, 0.25) is 0 Å². The zero-order valence-corrected chi connectivity index (χ0v) is 8.58. The second-order valence-electron chi connectivity index (χ2n) is 2.17. The van der Waals surface area contributed by atoms with Gasteiger partial charge < -0.3 is 10.4 Å². The number of aliphatic hydroxyl groups excluding tert-OH is 1. The molecule has 0 bridgehead atoms. The van der Waals surface area contributed by atoms with Crippen molar-refractivity contribution in [1.82, 2.24) is 5.32 Å². The smallest absolute Gasteiger partial charge is 0.0702 e. The van der Waals surface area contributed by atoms with Gasteiger partial charge in [-0.05, 0) is 35.1 Å². The van der Waals surface area contributed by atoms with Gasteiger partial charge >= 0.3 is 0 Å². The minimum absolute atomic E-state index is 0.0753. The molecule has 0 saturated carbocycles. The number of nitrogens with one attached hydrogen (secondary N) is 1. The molecular formula is C7H10BrNOS. The maximum absolute atomic E-state index is 8.92. The van der Waals surface area contributed by atoms with E-state index in [9.17, 15) is 0 Å². The highest BCUT2D eigenvalue weighted by atomic mass is 79.9. The summed E-state index contributed by atoms with van der Waals surface area (Å²) in [5, 5.41) is 11.9. The zero-order chi connectivity index (χ0) is 8.27. The van der Waals surface area contributed by atoms with Crippen molar-refractivity contribution in [3.63, 3.8) is 0 Å². The molecule has 62 valence electrons. The lowest BCUT2D eigenvalue weighted by Crippen LogP contribution is -2.18. The van der Waals surface area contributed by atoms with Crippen LogP contribution in [0.25, 0.3) is 0 Å². The summed E-state index contributed by atoms with van der Waals surface area (Å²) in [5.41, 5.74) is 0. The van der Waals surface area contributed by atoms with Crippen LogP contribution in [0.3, 0.4) is 0 Å². The maximum Gasteiger partial charge on any atom is 0.0702 e. The molecule has 4 heteroatoms. The van der Waals surface area contributed by atoms with Crippen LogP contribution in [0.5, 0.6) is 0 Å². The molecule has 1 aromatic heterocycles. The van der Waals surface area contributed by atoms with Crippen LogP contribution in [-0.4, -0.2) is 18.8 Å². The summed E-state index contributed by atoms with van der Waals surface area (Å²) < 4.78 is 1.10. The van der Waals surface area contributed by atoms with Gasteiger partial charge in [-0.2, -0.15) is 0 Å². The summed E-state index contributed by atoms with van der Waals surface area (Å²) in [6.45, 7) is 0.142. The van der Waals surface area contributed by atoms with E-state index in [1.165, 1.54) is 0 Å². The number of likely N-dealkylation sites (N-methyl/N-ethyl adjacent to an activating group) is 1. The quantitative estimate of drug-likeness (QED) is 0.838. The minimum Gasteiger partial charge on any atom is -0.394 e. The van der Waals surface area contributed by atoms with Crippen LogP contribution < -0.4 is 5.32 Å². The molecule has 1 heterocycles. The number of thiophene rings is 1. The fourth-order valence-corrected chi connectivity index (χ4v) is 2.36. The van der Waals surface area contributed by atoms with E-state index in [0.29, 0.717) is 0 Å². The van der Waals surface area contributed by atoms with E-state index in [2.05, 4.69) is 21.2 Å². The molecule has 0 radical (unpaired) electrons. The third-order valence-electron chi connectivity index (χ3n) is 1.47. The molecule has 0 amide bonds. The first-order valence-corrected chi connectivity index (χ1v) is 4.92. The maximum atomic E-state index is 8.92. The molecule has 0 aliphatic carbocycles. The number of aliphatic hydroxyl groups is 1. The summed E-state index contributed by atoms with van der Waals surface area (Å²) >= 11 is 5.01. The number of rotatable bonds is 3. The highest BCUT2D eigenvalue weighted by Crippen LogP contribution is 2.26. The first kappa shape index (κ1) is 9.19. The Morgan fingerprint density at radius 2 is 2.45 bits per heavy atom. The predicted octanol–water partition coefficient (Wildman–Crippen LogP) is 1.76. The lowest BCUT2D eigenvalue weighted by Gasteiger charge is -2.09. The standard InChI is InChI=1S/C7H10BrNOS/c1-9-5(4-10)6-2-3-7(8)11-6/h2-3,5,9-10H,4H2,1H3. The third kappa shape index (κ3) is 2.27. The van der Waals surface area contributed by atoms with Crippen molar-refractivity contribution in [3.8, 4) is 0 Å². The lowest BCUT2D eigenvalue weighted by atomic mass is 10.2. The second kappa shape index (κ2) is 4.21. The molecule has 1 aromatic rings. The summed E-state index contributed by atoms with van der Waals surface area (Å²) in [5.74, 6) is 0. The van der Waals surface area contributed by atoms with Crippen molar-refractivity contribution in [2.45, 2.75) is 6.04 Å². The van der Waals surface area contributed by atoms with Gasteiger partial charge in [0, 0.05) is 4.88 Å². The summed E-state index contributed by atoms with van der Waals surface area (Å²) in [6.07, 6.45) is 0. The topological polar surface area (TPSA) is 32.3 Å². The zero-order valence-electron chi connectivity index (χ0n) is 6.17. The monoisotopic (exact) mass is 235 g/mol. The van der Waals surface area contributed by atoms with E-state index >= 15 is 0 Å². The molecular weight excluding hydrogens is 226 g/mol. The van der Waals surface area contributed by atoms with Gasteiger partial charge in [0.1, 0.15) is 0 Å². The van der Waals surface area contributed by atoms with Crippen molar-refractivity contribution in [2.75, 3.05) is 13.7 Å². The van der Waals surface area contributed by atoms with Crippen LogP contribution in [0.1, 0.15) is 10.9 Å². The van der Waals surface area contributed by atoms with Crippen LogP contribution in [0, 0.1) is 0 Å². The van der Waals surface area contributed by atoms with Gasteiger partial charge in [-0.1, -0.05) is 0 Å². The van der Waals surface area contributed by atoms with Crippen LogP contribution in [0.4, 0.5) is 0 Å². The van der Waals surface area contributed by atoms with Crippen molar-refractivity contribution in [2.24, 2.45) is 0 Å². The van der Waals surface area contributed by atoms with E-state index in [0.717, 1.165) is 8.66 Å². The molecule has 0 aliphatic heterocycles. The fourth-order valence-electron chi connectivity index (χ4n) is 0.839. The summed E-state index contributed by atoms with van der Waals surface area (Å²) in [4.78, 5) is 1.15. The minimum atomic E-state index is 0.0753. The van der Waals surface area contributed by atoms with Gasteiger partial charge in [-0.25, -0.2) is 0 Å². The number of hydrogen-bond acceptors (Lipinski definition) is 3. The first-order chi connectivity index (χ1) is 5.27. The fraction of sp³-hybridized carbons (Fsp3) is 0.429. The van der Waals surface area contributed by atoms with Crippen molar-refractivity contribution in [1.29, 1.82) is 0 Å². The summed E-state index contributed by atoms with van der Waals surface area (Å²) in [7, 11) is 1.84. The Labute approximate surface area is 78.4 Å². The Morgan fingerprint density at radius 3 is 2.82 bits per heavy atom.